The van der Waals surface area contributed by atoms with Crippen LogP contribution in [0.4, 0.5) is 10.5 Å². The summed E-state index contributed by atoms with van der Waals surface area (Å²) in [6, 6.07) is 12.1. The molecule has 0 aliphatic heterocycles. The fourth-order valence-corrected chi connectivity index (χ4v) is 3.06. The van der Waals surface area contributed by atoms with E-state index >= 15 is 0 Å². The molecule has 1 aromatic carbocycles. The zero-order valence-electron chi connectivity index (χ0n) is 15.9. The van der Waals surface area contributed by atoms with Crippen molar-refractivity contribution in [2.75, 3.05) is 19.0 Å². The summed E-state index contributed by atoms with van der Waals surface area (Å²) in [6.45, 7) is 2.21. The fourth-order valence-electron chi connectivity index (χ4n) is 2.94. The van der Waals surface area contributed by atoms with Gasteiger partial charge in [-0.05, 0) is 55.0 Å². The van der Waals surface area contributed by atoms with E-state index in [-0.39, 0.29) is 11.8 Å². The zero-order chi connectivity index (χ0) is 20.3. The van der Waals surface area contributed by atoms with E-state index < -0.39 is 0 Å². The van der Waals surface area contributed by atoms with Crippen molar-refractivity contribution in [3.8, 4) is 0 Å². The minimum Gasteiger partial charge on any atom is -0.354 e. The second kappa shape index (κ2) is 8.27. The maximum absolute atomic E-state index is 12.7. The van der Waals surface area contributed by atoms with Gasteiger partial charge >= 0.3 is 6.03 Å². The topological polar surface area (TPSA) is 69.3 Å². The molecule has 0 aliphatic rings. The van der Waals surface area contributed by atoms with Crippen molar-refractivity contribution in [3.63, 3.8) is 0 Å². The molecule has 28 heavy (non-hydrogen) atoms. The molecule has 0 atom stereocenters. The Hall–Kier alpha value is -3.12. The molecule has 6 nitrogen and oxygen atoms in total. The van der Waals surface area contributed by atoms with Gasteiger partial charge in [0.1, 0.15) is 0 Å². The van der Waals surface area contributed by atoms with Gasteiger partial charge in [0.15, 0.2) is 0 Å². The van der Waals surface area contributed by atoms with Crippen LogP contribution in [0.5, 0.6) is 0 Å². The number of anilines is 1. The van der Waals surface area contributed by atoms with Gasteiger partial charge in [0.2, 0.25) is 5.78 Å². The highest BCUT2D eigenvalue weighted by Gasteiger charge is 2.19. The lowest BCUT2D eigenvalue weighted by Gasteiger charge is -2.24. The Labute approximate surface area is 168 Å². The number of rotatable bonds is 5. The van der Waals surface area contributed by atoms with Crippen LogP contribution in [0.1, 0.15) is 27.3 Å². The van der Waals surface area contributed by atoms with Crippen molar-refractivity contribution in [2.24, 2.45) is 0 Å². The van der Waals surface area contributed by atoms with Crippen molar-refractivity contribution in [1.29, 1.82) is 0 Å². The summed E-state index contributed by atoms with van der Waals surface area (Å²) in [5.41, 5.74) is 3.39. The number of nitrogens with zero attached hydrogens (tertiary/aromatic N) is 3. The normalized spacial score (nSPS) is 10.6. The number of pyridine rings is 1. The van der Waals surface area contributed by atoms with Crippen LogP contribution in [0.25, 0.3) is 0 Å². The lowest BCUT2D eigenvalue weighted by molar-refractivity contribution is 0.103. The van der Waals surface area contributed by atoms with Gasteiger partial charge in [-0.2, -0.15) is 0 Å². The molecule has 0 unspecified atom stereocenters. The molecule has 2 heterocycles. The van der Waals surface area contributed by atoms with Gasteiger partial charge in [0.25, 0.3) is 0 Å². The van der Waals surface area contributed by atoms with Crippen LogP contribution in [0.3, 0.4) is 0 Å². The highest BCUT2D eigenvalue weighted by atomic mass is 35.5. The molecule has 3 rings (SSSR count). The number of aromatic amines is 1. The summed E-state index contributed by atoms with van der Waals surface area (Å²) in [5.74, 6) is -0.109. The molecule has 0 radical (unpaired) electrons. The van der Waals surface area contributed by atoms with Gasteiger partial charge in [-0.15, -0.1) is 0 Å². The van der Waals surface area contributed by atoms with Crippen LogP contribution in [0.15, 0.2) is 54.9 Å². The molecule has 0 aliphatic carbocycles. The van der Waals surface area contributed by atoms with Crippen LogP contribution in [-0.2, 0) is 6.54 Å². The maximum Gasteiger partial charge on any atom is 0.324 e. The van der Waals surface area contributed by atoms with Crippen molar-refractivity contribution < 1.29 is 9.59 Å². The molecular formula is C21H21ClN4O2. The highest BCUT2D eigenvalue weighted by molar-refractivity contribution is 6.30. The lowest BCUT2D eigenvalue weighted by Crippen LogP contribution is -2.38. The molecule has 1 N–H and O–H groups in total. The first kappa shape index (κ1) is 19.6. The number of aromatic nitrogens is 2. The van der Waals surface area contributed by atoms with Crippen molar-refractivity contribution in [2.45, 2.75) is 13.5 Å². The van der Waals surface area contributed by atoms with Crippen LogP contribution in [0.2, 0.25) is 5.02 Å². The van der Waals surface area contributed by atoms with Crippen LogP contribution >= 0.6 is 11.6 Å². The number of hydrogen-bond donors (Lipinski definition) is 1. The van der Waals surface area contributed by atoms with E-state index in [0.717, 1.165) is 11.3 Å². The van der Waals surface area contributed by atoms with E-state index in [4.69, 9.17) is 11.6 Å². The van der Waals surface area contributed by atoms with Crippen LogP contribution < -0.4 is 4.90 Å². The van der Waals surface area contributed by atoms with Gasteiger partial charge < -0.3 is 9.88 Å². The number of hydrogen-bond acceptors (Lipinski definition) is 3. The lowest BCUT2D eigenvalue weighted by atomic mass is 10.1. The van der Waals surface area contributed by atoms with Crippen molar-refractivity contribution >= 4 is 29.1 Å². The number of H-pyrrole nitrogens is 1. The zero-order valence-corrected chi connectivity index (χ0v) is 16.7. The van der Waals surface area contributed by atoms with E-state index in [1.807, 2.05) is 19.1 Å². The van der Waals surface area contributed by atoms with Crippen LogP contribution in [-0.4, -0.2) is 40.8 Å². The van der Waals surface area contributed by atoms with E-state index in [2.05, 4.69) is 9.97 Å². The first-order valence-electron chi connectivity index (χ1n) is 8.74. The standard InChI is InChI=1S/C21H21ClN4O2/c1-14-11-17(24-19(14)20(27)15-6-8-16(22)9-7-15)13-25(2)21(28)26(3)18-5-4-10-23-12-18/h4-12,24H,13H2,1-3H3. The third-order valence-electron chi connectivity index (χ3n) is 4.46. The average molecular weight is 397 g/mol. The second-order valence-electron chi connectivity index (χ2n) is 6.60. The minimum atomic E-state index is -0.175. The first-order valence-corrected chi connectivity index (χ1v) is 9.12. The first-order chi connectivity index (χ1) is 13.4. The molecule has 0 saturated heterocycles. The molecule has 3 aromatic rings. The maximum atomic E-state index is 12.7. The van der Waals surface area contributed by atoms with E-state index in [1.165, 1.54) is 4.90 Å². The largest absolute Gasteiger partial charge is 0.354 e. The van der Waals surface area contributed by atoms with Crippen molar-refractivity contribution in [1.82, 2.24) is 14.9 Å². The number of carbonyl (C=O) groups is 2. The smallest absolute Gasteiger partial charge is 0.324 e. The Morgan fingerprint density at radius 1 is 1.14 bits per heavy atom. The summed E-state index contributed by atoms with van der Waals surface area (Å²) < 4.78 is 0. The predicted octanol–water partition coefficient (Wildman–Crippen LogP) is 4.29. The van der Waals surface area contributed by atoms with Gasteiger partial charge in [0.05, 0.1) is 24.1 Å². The number of halogens is 1. The second-order valence-corrected chi connectivity index (χ2v) is 7.03. The quantitative estimate of drug-likeness (QED) is 0.654. The Morgan fingerprint density at radius 3 is 2.50 bits per heavy atom. The number of ketones is 1. The minimum absolute atomic E-state index is 0.109. The SMILES string of the molecule is Cc1cc(CN(C)C(=O)N(C)c2cccnc2)[nH]c1C(=O)c1ccc(Cl)cc1. The van der Waals surface area contributed by atoms with Gasteiger partial charge in [0, 0.05) is 36.6 Å². The third kappa shape index (κ3) is 4.23. The number of benzene rings is 1. The molecule has 144 valence electrons. The van der Waals surface area contributed by atoms with E-state index in [0.29, 0.717) is 28.5 Å². The Morgan fingerprint density at radius 2 is 1.86 bits per heavy atom. The summed E-state index contributed by atoms with van der Waals surface area (Å²) in [7, 11) is 3.41. The van der Waals surface area contributed by atoms with Crippen molar-refractivity contribution in [3.05, 3.63) is 82.4 Å². The number of aryl methyl sites for hydroxylation is 1. The van der Waals surface area contributed by atoms with Gasteiger partial charge in [-0.1, -0.05) is 11.6 Å². The molecule has 0 saturated carbocycles. The molecule has 0 spiro atoms. The highest BCUT2D eigenvalue weighted by Crippen LogP contribution is 2.19. The number of carbonyl (C=O) groups excluding carboxylic acids is 2. The van der Waals surface area contributed by atoms with Crippen LogP contribution in [0, 0.1) is 6.92 Å². The predicted molar refractivity (Wildman–Crippen MR) is 110 cm³/mol. The number of amides is 2. The van der Waals surface area contributed by atoms with Gasteiger partial charge in [-0.25, -0.2) is 4.79 Å². The molecule has 2 amide bonds. The Balaban J connectivity index is 1.73. The molecule has 0 bridgehead atoms. The summed E-state index contributed by atoms with van der Waals surface area (Å²) in [6.07, 6.45) is 3.29. The van der Waals surface area contributed by atoms with E-state index in [1.54, 1.807) is 61.7 Å². The molecular weight excluding hydrogens is 376 g/mol. The third-order valence-corrected chi connectivity index (χ3v) is 4.71. The Kier molecular flexibility index (Phi) is 5.80. The molecule has 0 fully saturated rings. The summed E-state index contributed by atoms with van der Waals surface area (Å²) in [4.78, 5) is 35.7. The average Bonchev–Trinajstić information content (AvgIpc) is 3.07. The van der Waals surface area contributed by atoms with Gasteiger partial charge in [-0.3, -0.25) is 14.7 Å². The van der Waals surface area contributed by atoms with E-state index in [9.17, 15) is 9.59 Å². The monoisotopic (exact) mass is 396 g/mol. The molecule has 2 aromatic heterocycles. The summed E-state index contributed by atoms with van der Waals surface area (Å²) >= 11 is 5.89. The summed E-state index contributed by atoms with van der Waals surface area (Å²) in [5, 5.41) is 0.582. The molecule has 7 heteroatoms. The number of nitrogens with one attached hydrogen (secondary N) is 1. The fraction of sp³-hybridized carbons (Fsp3) is 0.190. The number of urea groups is 1. The Bertz CT molecular complexity index is 983.